The van der Waals surface area contributed by atoms with Crippen LogP contribution in [0, 0.1) is 11.7 Å². The van der Waals surface area contributed by atoms with E-state index in [1.165, 1.54) is 38.2 Å². The summed E-state index contributed by atoms with van der Waals surface area (Å²) in [4.78, 5) is 0. The van der Waals surface area contributed by atoms with Gasteiger partial charge < -0.3 is 5.32 Å². The van der Waals surface area contributed by atoms with Crippen LogP contribution in [-0.4, -0.2) is 6.04 Å². The van der Waals surface area contributed by atoms with E-state index in [9.17, 15) is 4.39 Å². The maximum Gasteiger partial charge on any atom is 0.141 e. The van der Waals surface area contributed by atoms with Gasteiger partial charge in [-0.2, -0.15) is 0 Å². The molecule has 1 aliphatic rings. The molecular weight excluding hydrogens is 237 g/mol. The van der Waals surface area contributed by atoms with Gasteiger partial charge >= 0.3 is 0 Å². The third kappa shape index (κ3) is 3.60. The molecule has 3 heteroatoms. The molecule has 0 heterocycles. The normalized spacial score (nSPS) is 25.4. The van der Waals surface area contributed by atoms with Gasteiger partial charge in [0.1, 0.15) is 5.82 Å². The highest BCUT2D eigenvalue weighted by Crippen LogP contribution is 2.26. The fraction of sp³-hybridized carbons (Fsp3) is 0.571. The van der Waals surface area contributed by atoms with Gasteiger partial charge in [0, 0.05) is 11.7 Å². The van der Waals surface area contributed by atoms with Crippen LogP contribution in [-0.2, 0) is 0 Å². The Kier molecular flexibility index (Phi) is 4.27. The smallest absolute Gasteiger partial charge is 0.141 e. The Balaban J connectivity index is 1.97. The van der Waals surface area contributed by atoms with Crippen molar-refractivity contribution in [3.63, 3.8) is 0 Å². The maximum atomic E-state index is 13.0. The lowest BCUT2D eigenvalue weighted by atomic mass is 10.0. The quantitative estimate of drug-likeness (QED) is 0.744. The van der Waals surface area contributed by atoms with Crippen molar-refractivity contribution in [2.24, 2.45) is 5.92 Å². The van der Waals surface area contributed by atoms with E-state index in [-0.39, 0.29) is 10.8 Å². The lowest BCUT2D eigenvalue weighted by Crippen LogP contribution is -2.18. The summed E-state index contributed by atoms with van der Waals surface area (Å²) in [5.74, 6) is 0.477. The number of hydrogen-bond acceptors (Lipinski definition) is 1. The average Bonchev–Trinajstić information content (AvgIpc) is 2.49. The van der Waals surface area contributed by atoms with Gasteiger partial charge in [-0.05, 0) is 43.4 Å². The summed E-state index contributed by atoms with van der Waals surface area (Å²) in [7, 11) is 0. The Morgan fingerprint density at radius 2 is 2.06 bits per heavy atom. The zero-order valence-corrected chi connectivity index (χ0v) is 10.9. The van der Waals surface area contributed by atoms with E-state index in [1.54, 1.807) is 12.1 Å². The van der Waals surface area contributed by atoms with Crippen molar-refractivity contribution >= 4 is 17.3 Å². The summed E-state index contributed by atoms with van der Waals surface area (Å²) in [5, 5.41) is 3.65. The second-order valence-corrected chi connectivity index (χ2v) is 5.49. The first-order valence-electron chi connectivity index (χ1n) is 6.37. The number of rotatable bonds is 2. The SMILES string of the molecule is CC1CCCC(Nc2ccc(F)c(Cl)c2)CC1. The summed E-state index contributed by atoms with van der Waals surface area (Å²) >= 11 is 5.77. The molecule has 0 aromatic heterocycles. The molecule has 2 rings (SSSR count). The molecule has 0 bridgehead atoms. The van der Waals surface area contributed by atoms with E-state index in [4.69, 9.17) is 11.6 Å². The minimum atomic E-state index is -0.355. The van der Waals surface area contributed by atoms with Crippen LogP contribution >= 0.6 is 11.6 Å². The van der Waals surface area contributed by atoms with Gasteiger partial charge in [-0.15, -0.1) is 0 Å². The first-order valence-corrected chi connectivity index (χ1v) is 6.74. The molecule has 0 aliphatic heterocycles. The van der Waals surface area contributed by atoms with E-state index in [0.29, 0.717) is 6.04 Å². The highest BCUT2D eigenvalue weighted by Gasteiger charge is 2.16. The van der Waals surface area contributed by atoms with Crippen molar-refractivity contribution in [2.75, 3.05) is 5.32 Å². The molecule has 0 amide bonds. The van der Waals surface area contributed by atoms with Crippen LogP contribution in [0.2, 0.25) is 5.02 Å². The predicted octanol–water partition coefficient (Wildman–Crippen LogP) is 4.86. The Hall–Kier alpha value is -0.760. The molecule has 2 atom stereocenters. The van der Waals surface area contributed by atoms with Crippen LogP contribution in [0.4, 0.5) is 10.1 Å². The van der Waals surface area contributed by atoms with Crippen molar-refractivity contribution in [3.05, 3.63) is 29.0 Å². The van der Waals surface area contributed by atoms with Crippen molar-refractivity contribution in [3.8, 4) is 0 Å². The summed E-state index contributed by atoms with van der Waals surface area (Å²) in [6.07, 6.45) is 6.25. The molecular formula is C14H19ClFN. The highest BCUT2D eigenvalue weighted by atomic mass is 35.5. The first kappa shape index (κ1) is 12.7. The molecule has 1 N–H and O–H groups in total. The number of anilines is 1. The Labute approximate surface area is 107 Å². The monoisotopic (exact) mass is 255 g/mol. The number of nitrogens with one attached hydrogen (secondary N) is 1. The Bertz CT molecular complexity index is 380. The Morgan fingerprint density at radius 1 is 1.24 bits per heavy atom. The van der Waals surface area contributed by atoms with Crippen LogP contribution in [0.15, 0.2) is 18.2 Å². The lowest BCUT2D eigenvalue weighted by molar-refractivity contribution is 0.502. The van der Waals surface area contributed by atoms with Crippen molar-refractivity contribution < 1.29 is 4.39 Å². The lowest BCUT2D eigenvalue weighted by Gasteiger charge is -2.18. The van der Waals surface area contributed by atoms with Crippen LogP contribution in [0.3, 0.4) is 0 Å². The predicted molar refractivity (Wildman–Crippen MR) is 71.1 cm³/mol. The second-order valence-electron chi connectivity index (χ2n) is 5.08. The minimum Gasteiger partial charge on any atom is -0.382 e. The van der Waals surface area contributed by atoms with Gasteiger partial charge in [0.25, 0.3) is 0 Å². The molecule has 1 aromatic rings. The van der Waals surface area contributed by atoms with Gasteiger partial charge in [0.15, 0.2) is 0 Å². The molecule has 1 fully saturated rings. The Morgan fingerprint density at radius 3 is 2.82 bits per heavy atom. The number of benzene rings is 1. The molecule has 2 unspecified atom stereocenters. The van der Waals surface area contributed by atoms with Gasteiger partial charge in [-0.25, -0.2) is 4.39 Å². The topological polar surface area (TPSA) is 12.0 Å². The zero-order chi connectivity index (χ0) is 12.3. The molecule has 1 nitrogen and oxygen atoms in total. The van der Waals surface area contributed by atoms with E-state index in [2.05, 4.69) is 12.2 Å². The van der Waals surface area contributed by atoms with E-state index < -0.39 is 0 Å². The van der Waals surface area contributed by atoms with E-state index in [0.717, 1.165) is 11.6 Å². The standard InChI is InChI=1S/C14H19ClFN/c1-10-3-2-4-11(6-5-10)17-12-7-8-14(16)13(15)9-12/h7-11,17H,2-6H2,1H3. The second kappa shape index (κ2) is 5.72. The summed E-state index contributed by atoms with van der Waals surface area (Å²) in [6.45, 7) is 2.32. The molecule has 1 saturated carbocycles. The zero-order valence-electron chi connectivity index (χ0n) is 10.2. The van der Waals surface area contributed by atoms with Crippen LogP contribution in [0.1, 0.15) is 39.0 Å². The van der Waals surface area contributed by atoms with Crippen molar-refractivity contribution in [2.45, 2.75) is 45.1 Å². The molecule has 0 saturated heterocycles. The molecule has 94 valence electrons. The minimum absolute atomic E-state index is 0.192. The third-order valence-corrected chi connectivity index (χ3v) is 3.84. The molecule has 0 spiro atoms. The number of halogens is 2. The van der Waals surface area contributed by atoms with Crippen LogP contribution in [0.5, 0.6) is 0 Å². The number of hydrogen-bond donors (Lipinski definition) is 1. The van der Waals surface area contributed by atoms with Crippen LogP contribution in [0.25, 0.3) is 0 Å². The summed E-state index contributed by atoms with van der Waals surface area (Å²) in [6, 6.07) is 5.35. The van der Waals surface area contributed by atoms with E-state index >= 15 is 0 Å². The summed E-state index contributed by atoms with van der Waals surface area (Å²) in [5.41, 5.74) is 0.927. The summed E-state index contributed by atoms with van der Waals surface area (Å²) < 4.78 is 13.0. The fourth-order valence-corrected chi connectivity index (χ4v) is 2.63. The highest BCUT2D eigenvalue weighted by molar-refractivity contribution is 6.31. The van der Waals surface area contributed by atoms with Crippen LogP contribution < -0.4 is 5.32 Å². The van der Waals surface area contributed by atoms with E-state index in [1.807, 2.05) is 0 Å². The van der Waals surface area contributed by atoms with Crippen molar-refractivity contribution in [1.82, 2.24) is 0 Å². The molecule has 1 aromatic carbocycles. The fourth-order valence-electron chi connectivity index (χ4n) is 2.45. The van der Waals surface area contributed by atoms with Crippen molar-refractivity contribution in [1.29, 1.82) is 0 Å². The van der Waals surface area contributed by atoms with Gasteiger partial charge in [-0.1, -0.05) is 31.4 Å². The first-order chi connectivity index (χ1) is 8.15. The third-order valence-electron chi connectivity index (χ3n) is 3.55. The van der Waals surface area contributed by atoms with Gasteiger partial charge in [0.05, 0.1) is 5.02 Å². The molecule has 1 aliphatic carbocycles. The largest absolute Gasteiger partial charge is 0.382 e. The van der Waals surface area contributed by atoms with Gasteiger partial charge in [-0.3, -0.25) is 0 Å². The maximum absolute atomic E-state index is 13.0. The molecule has 17 heavy (non-hydrogen) atoms. The average molecular weight is 256 g/mol. The van der Waals surface area contributed by atoms with Gasteiger partial charge in [0.2, 0.25) is 0 Å². The molecule has 0 radical (unpaired) electrons.